The van der Waals surface area contributed by atoms with E-state index >= 15 is 0 Å². The van der Waals surface area contributed by atoms with E-state index in [4.69, 9.17) is 11.6 Å². The Hall–Kier alpha value is -1.69. The van der Waals surface area contributed by atoms with Crippen LogP contribution in [0.15, 0.2) is 42.5 Å². The van der Waals surface area contributed by atoms with E-state index in [0.717, 1.165) is 5.69 Å². The monoisotopic (exact) mass is 349 g/mol. The number of halogens is 1. The number of carbonyl (C=O) groups excluding carboxylic acids is 1. The average Bonchev–Trinajstić information content (AvgIpc) is 2.86. The first kappa shape index (κ1) is 16.2. The third-order valence-electron chi connectivity index (χ3n) is 3.97. The fourth-order valence-electron chi connectivity index (χ4n) is 2.84. The van der Waals surface area contributed by atoms with Gasteiger partial charge in [-0.2, -0.15) is 0 Å². The quantitative estimate of drug-likeness (QED) is 0.890. The highest BCUT2D eigenvalue weighted by Gasteiger charge is 2.46. The van der Waals surface area contributed by atoms with Crippen LogP contribution in [-0.2, 0) is 16.3 Å². The standard InChI is InChI=1S/C17H16ClNO3S/c1-17(13-7-11(9-20)8-14(18)16(13)22)19(15(21)10-23-17)12-5-3-2-4-6-12/h2-8,20,22H,9-10H2,1H3. The minimum absolute atomic E-state index is 0.0337. The summed E-state index contributed by atoms with van der Waals surface area (Å²) in [6.45, 7) is 1.69. The van der Waals surface area contributed by atoms with Crippen LogP contribution in [0.5, 0.6) is 5.75 Å². The van der Waals surface area contributed by atoms with Gasteiger partial charge in [-0.1, -0.05) is 29.8 Å². The zero-order chi connectivity index (χ0) is 16.6. The summed E-state index contributed by atoms with van der Waals surface area (Å²) in [6.07, 6.45) is 0. The van der Waals surface area contributed by atoms with Crippen LogP contribution < -0.4 is 4.90 Å². The summed E-state index contributed by atoms with van der Waals surface area (Å²) in [5.41, 5.74) is 1.88. The molecule has 2 aromatic carbocycles. The highest BCUT2D eigenvalue weighted by Crippen LogP contribution is 2.51. The van der Waals surface area contributed by atoms with E-state index in [-0.39, 0.29) is 23.3 Å². The smallest absolute Gasteiger partial charge is 0.238 e. The first-order valence-electron chi connectivity index (χ1n) is 7.12. The van der Waals surface area contributed by atoms with E-state index in [1.165, 1.54) is 17.8 Å². The van der Waals surface area contributed by atoms with Crippen LogP contribution in [0.1, 0.15) is 18.1 Å². The number of aliphatic hydroxyl groups is 1. The number of benzene rings is 2. The Morgan fingerprint density at radius 1 is 1.30 bits per heavy atom. The SMILES string of the molecule is CC1(c2cc(CO)cc(Cl)c2O)SCC(=O)N1c1ccccc1. The predicted octanol–water partition coefficient (Wildman–Crippen LogP) is 3.49. The maximum atomic E-state index is 12.5. The largest absolute Gasteiger partial charge is 0.506 e. The lowest BCUT2D eigenvalue weighted by molar-refractivity contribution is -0.116. The van der Waals surface area contributed by atoms with Gasteiger partial charge >= 0.3 is 0 Å². The Bertz CT molecular complexity index is 753. The molecule has 1 aliphatic rings. The molecule has 0 aliphatic carbocycles. The molecule has 0 spiro atoms. The van der Waals surface area contributed by atoms with Crippen molar-refractivity contribution in [2.75, 3.05) is 10.7 Å². The van der Waals surface area contributed by atoms with Gasteiger partial charge in [0.2, 0.25) is 5.91 Å². The highest BCUT2D eigenvalue weighted by molar-refractivity contribution is 8.01. The lowest BCUT2D eigenvalue weighted by Gasteiger charge is -2.35. The van der Waals surface area contributed by atoms with Crippen molar-refractivity contribution in [2.45, 2.75) is 18.4 Å². The predicted molar refractivity (Wildman–Crippen MR) is 92.8 cm³/mol. The molecule has 0 radical (unpaired) electrons. The van der Waals surface area contributed by atoms with Crippen molar-refractivity contribution in [3.63, 3.8) is 0 Å². The molecule has 0 bridgehead atoms. The maximum absolute atomic E-state index is 12.5. The van der Waals surface area contributed by atoms with E-state index < -0.39 is 4.87 Å². The minimum Gasteiger partial charge on any atom is -0.506 e. The Kier molecular flexibility index (Phi) is 4.27. The van der Waals surface area contributed by atoms with Gasteiger partial charge in [0.15, 0.2) is 0 Å². The van der Waals surface area contributed by atoms with Gasteiger partial charge in [0.25, 0.3) is 0 Å². The summed E-state index contributed by atoms with van der Waals surface area (Å²) in [4.78, 5) is 13.3. The molecule has 1 amide bonds. The molecule has 0 saturated carbocycles. The van der Waals surface area contributed by atoms with Gasteiger partial charge in [0, 0.05) is 11.3 Å². The molecule has 1 fully saturated rings. The van der Waals surface area contributed by atoms with Crippen molar-refractivity contribution in [1.82, 2.24) is 0 Å². The summed E-state index contributed by atoms with van der Waals surface area (Å²) in [6, 6.07) is 12.6. The second-order valence-electron chi connectivity index (χ2n) is 5.47. The molecule has 6 heteroatoms. The van der Waals surface area contributed by atoms with Crippen LogP contribution in [0.3, 0.4) is 0 Å². The Morgan fingerprint density at radius 3 is 2.65 bits per heavy atom. The molecule has 3 rings (SSSR count). The van der Waals surface area contributed by atoms with Gasteiger partial charge in [-0.3, -0.25) is 9.69 Å². The second kappa shape index (κ2) is 6.07. The van der Waals surface area contributed by atoms with Crippen LogP contribution in [0.2, 0.25) is 5.02 Å². The first-order chi connectivity index (χ1) is 11.0. The third kappa shape index (κ3) is 2.69. The molecule has 1 atom stereocenters. The minimum atomic E-state index is -0.794. The van der Waals surface area contributed by atoms with Gasteiger partial charge in [-0.15, -0.1) is 11.8 Å². The second-order valence-corrected chi connectivity index (χ2v) is 7.25. The summed E-state index contributed by atoms with van der Waals surface area (Å²) in [5.74, 6) is 0.217. The van der Waals surface area contributed by atoms with E-state index in [0.29, 0.717) is 16.9 Å². The molecular formula is C17H16ClNO3S. The van der Waals surface area contributed by atoms with Gasteiger partial charge in [-0.25, -0.2) is 0 Å². The highest BCUT2D eigenvalue weighted by atomic mass is 35.5. The van der Waals surface area contributed by atoms with Gasteiger partial charge in [0.05, 0.1) is 17.4 Å². The van der Waals surface area contributed by atoms with Crippen molar-refractivity contribution < 1.29 is 15.0 Å². The van der Waals surface area contributed by atoms with E-state index in [2.05, 4.69) is 0 Å². The fourth-order valence-corrected chi connectivity index (χ4v) is 4.26. The molecule has 1 heterocycles. The first-order valence-corrected chi connectivity index (χ1v) is 8.48. The normalized spacial score (nSPS) is 21.0. The topological polar surface area (TPSA) is 60.8 Å². The molecule has 2 aromatic rings. The van der Waals surface area contributed by atoms with Crippen LogP contribution >= 0.6 is 23.4 Å². The number of para-hydroxylation sites is 1. The van der Waals surface area contributed by atoms with Crippen molar-refractivity contribution >= 4 is 35.0 Å². The summed E-state index contributed by atoms with van der Waals surface area (Å²) in [5, 5.41) is 20.0. The maximum Gasteiger partial charge on any atom is 0.238 e. The molecule has 1 unspecified atom stereocenters. The number of thioether (sulfide) groups is 1. The summed E-state index contributed by atoms with van der Waals surface area (Å²) >= 11 is 7.52. The molecule has 0 aromatic heterocycles. The van der Waals surface area contributed by atoms with Gasteiger partial charge in [-0.05, 0) is 36.8 Å². The van der Waals surface area contributed by atoms with Gasteiger partial charge < -0.3 is 10.2 Å². The number of nitrogens with zero attached hydrogens (tertiary/aromatic N) is 1. The van der Waals surface area contributed by atoms with Crippen molar-refractivity contribution in [3.8, 4) is 5.75 Å². The Morgan fingerprint density at radius 2 is 2.00 bits per heavy atom. The zero-order valence-electron chi connectivity index (χ0n) is 12.5. The molecule has 2 N–H and O–H groups in total. The van der Waals surface area contributed by atoms with Crippen LogP contribution in [0, 0.1) is 0 Å². The van der Waals surface area contributed by atoms with Crippen LogP contribution in [0.25, 0.3) is 0 Å². The Labute approximate surface area is 143 Å². The number of phenols is 1. The third-order valence-corrected chi connectivity index (χ3v) is 5.62. The molecule has 1 saturated heterocycles. The average molecular weight is 350 g/mol. The van der Waals surface area contributed by atoms with E-state index in [1.807, 2.05) is 37.3 Å². The molecule has 1 aliphatic heterocycles. The number of aromatic hydroxyl groups is 1. The molecule has 4 nitrogen and oxygen atoms in total. The molecule has 120 valence electrons. The number of carbonyl (C=O) groups is 1. The number of hydrogen-bond acceptors (Lipinski definition) is 4. The van der Waals surface area contributed by atoms with Crippen molar-refractivity contribution in [3.05, 3.63) is 58.6 Å². The fraction of sp³-hybridized carbons (Fsp3) is 0.235. The lowest BCUT2D eigenvalue weighted by atomic mass is 10.0. The van der Waals surface area contributed by atoms with Crippen molar-refractivity contribution in [2.24, 2.45) is 0 Å². The summed E-state index contributed by atoms with van der Waals surface area (Å²) in [7, 11) is 0. The van der Waals surface area contributed by atoms with E-state index in [9.17, 15) is 15.0 Å². The number of hydrogen-bond donors (Lipinski definition) is 2. The Balaban J connectivity index is 2.17. The number of rotatable bonds is 3. The molecule has 23 heavy (non-hydrogen) atoms. The number of aliphatic hydroxyl groups excluding tert-OH is 1. The zero-order valence-corrected chi connectivity index (χ0v) is 14.1. The van der Waals surface area contributed by atoms with Gasteiger partial charge in [0.1, 0.15) is 10.6 Å². The number of anilines is 1. The number of amides is 1. The van der Waals surface area contributed by atoms with Crippen LogP contribution in [0.4, 0.5) is 5.69 Å². The van der Waals surface area contributed by atoms with E-state index in [1.54, 1.807) is 11.0 Å². The van der Waals surface area contributed by atoms with Crippen molar-refractivity contribution in [1.29, 1.82) is 0 Å². The summed E-state index contributed by atoms with van der Waals surface area (Å²) < 4.78 is 0. The molecular weight excluding hydrogens is 334 g/mol. The lowest BCUT2D eigenvalue weighted by Crippen LogP contribution is -2.40. The number of phenolic OH excluding ortho intramolecular Hbond substituents is 1. The van der Waals surface area contributed by atoms with Crippen LogP contribution in [-0.4, -0.2) is 21.9 Å².